The van der Waals surface area contributed by atoms with Crippen LogP contribution in [0.3, 0.4) is 0 Å². The predicted molar refractivity (Wildman–Crippen MR) is 156 cm³/mol. The Hall–Kier alpha value is -4.32. The quantitative estimate of drug-likeness (QED) is 0.142. The number of nitrogens with one attached hydrogen (secondary N) is 1. The first-order valence-electron chi connectivity index (χ1n) is 14.0. The van der Waals surface area contributed by atoms with Crippen molar-refractivity contribution in [1.82, 2.24) is 5.32 Å². The minimum atomic E-state index is -1.17. The highest BCUT2D eigenvalue weighted by molar-refractivity contribution is 5.74. The minimum absolute atomic E-state index is 0.00287. The third-order valence-corrected chi connectivity index (χ3v) is 6.45. The molecule has 0 aliphatic carbocycles. The second-order valence-electron chi connectivity index (χ2n) is 11.0. The summed E-state index contributed by atoms with van der Waals surface area (Å²) in [5.41, 5.74) is -1.17. The molecular weight excluding hydrogens is 562 g/mol. The molecule has 0 saturated carbocycles. The standard InChI is InChI=1S/C31H41NO11/c1-8-30(4,5)42-28(36)40-24-16-15-21(18-25(24)41-29(37)43-31(6,7)9-2)17-23(26(33)34)32-19-20(3)38-27(35)39-22-13-11-10-12-14-22/h10-16,18,20,23,32H,8-9,17,19H2,1-7H3,(H,33,34)/t20?,23-/m0/s1. The second-order valence-corrected chi connectivity index (χ2v) is 11.0. The van der Waals surface area contributed by atoms with Crippen LogP contribution < -0.4 is 19.5 Å². The lowest BCUT2D eigenvalue weighted by Gasteiger charge is -2.24. The van der Waals surface area contributed by atoms with Crippen molar-refractivity contribution in [2.75, 3.05) is 6.54 Å². The van der Waals surface area contributed by atoms with E-state index < -0.39 is 47.8 Å². The van der Waals surface area contributed by atoms with Gasteiger partial charge in [-0.2, -0.15) is 0 Å². The average Bonchev–Trinajstić information content (AvgIpc) is 2.92. The van der Waals surface area contributed by atoms with Crippen molar-refractivity contribution >= 4 is 24.4 Å². The van der Waals surface area contributed by atoms with Crippen molar-refractivity contribution in [2.45, 2.75) is 91.1 Å². The summed E-state index contributed by atoms with van der Waals surface area (Å²) in [5.74, 6) is -1.14. The summed E-state index contributed by atoms with van der Waals surface area (Å²) in [4.78, 5) is 49.0. The number of aliphatic carboxylic acids is 1. The average molecular weight is 604 g/mol. The fourth-order valence-corrected chi connectivity index (χ4v) is 3.27. The summed E-state index contributed by atoms with van der Waals surface area (Å²) >= 11 is 0. The van der Waals surface area contributed by atoms with Crippen molar-refractivity contribution in [2.24, 2.45) is 0 Å². The zero-order valence-electron chi connectivity index (χ0n) is 25.6. The summed E-state index contributed by atoms with van der Waals surface area (Å²) in [6.07, 6.45) is -2.69. The van der Waals surface area contributed by atoms with E-state index >= 15 is 0 Å². The molecule has 0 aliphatic heterocycles. The Labute approximate surface area is 251 Å². The lowest BCUT2D eigenvalue weighted by atomic mass is 10.0. The van der Waals surface area contributed by atoms with Gasteiger partial charge in [-0.3, -0.25) is 4.79 Å². The molecule has 2 atom stereocenters. The number of carbonyl (C=O) groups is 4. The largest absolute Gasteiger partial charge is 0.514 e. The number of hydrogen-bond acceptors (Lipinski definition) is 11. The molecule has 0 saturated heterocycles. The molecule has 2 rings (SSSR count). The Balaban J connectivity index is 2.14. The van der Waals surface area contributed by atoms with Crippen LogP contribution in [0.25, 0.3) is 0 Å². The molecule has 0 aromatic heterocycles. The van der Waals surface area contributed by atoms with Crippen molar-refractivity contribution < 1.29 is 52.7 Å². The molecule has 1 unspecified atom stereocenters. The van der Waals surface area contributed by atoms with Gasteiger partial charge in [-0.15, -0.1) is 0 Å². The lowest BCUT2D eigenvalue weighted by molar-refractivity contribution is -0.139. The molecule has 2 aromatic rings. The van der Waals surface area contributed by atoms with E-state index in [4.69, 9.17) is 28.4 Å². The molecule has 0 radical (unpaired) electrons. The molecule has 0 spiro atoms. The predicted octanol–water partition coefficient (Wildman–Crippen LogP) is 6.28. The highest BCUT2D eigenvalue weighted by Crippen LogP contribution is 2.31. The number of carboxylic acid groups (broad SMARTS) is 1. The summed E-state index contributed by atoms with van der Waals surface area (Å²) in [6.45, 7) is 12.1. The number of carbonyl (C=O) groups excluding carboxylic acids is 3. The van der Waals surface area contributed by atoms with Gasteiger partial charge in [-0.1, -0.05) is 38.1 Å². The number of ether oxygens (including phenoxy) is 6. The zero-order chi connectivity index (χ0) is 32.2. The third-order valence-electron chi connectivity index (χ3n) is 6.45. The van der Waals surface area contributed by atoms with Crippen LogP contribution in [0.5, 0.6) is 17.2 Å². The Morgan fingerprint density at radius 1 is 0.791 bits per heavy atom. The summed E-state index contributed by atoms with van der Waals surface area (Å²) in [5, 5.41) is 12.7. The van der Waals surface area contributed by atoms with Crippen molar-refractivity contribution in [3.63, 3.8) is 0 Å². The molecular formula is C31H41NO11. The first kappa shape index (κ1) is 34.9. The Kier molecular flexibility index (Phi) is 12.8. The number of benzene rings is 2. The molecule has 0 bridgehead atoms. The van der Waals surface area contributed by atoms with Crippen LogP contribution in [0.2, 0.25) is 0 Å². The summed E-state index contributed by atoms with van der Waals surface area (Å²) in [6, 6.07) is 11.5. The van der Waals surface area contributed by atoms with Crippen LogP contribution in [0.1, 0.15) is 66.9 Å². The number of carboxylic acids is 1. The van der Waals surface area contributed by atoms with Crippen LogP contribution in [-0.2, 0) is 25.4 Å². The van der Waals surface area contributed by atoms with E-state index in [-0.39, 0.29) is 24.5 Å². The van der Waals surface area contributed by atoms with E-state index in [2.05, 4.69) is 5.32 Å². The van der Waals surface area contributed by atoms with Crippen LogP contribution >= 0.6 is 0 Å². The van der Waals surface area contributed by atoms with E-state index in [0.29, 0.717) is 24.2 Å². The molecule has 43 heavy (non-hydrogen) atoms. The lowest BCUT2D eigenvalue weighted by Crippen LogP contribution is -2.42. The van der Waals surface area contributed by atoms with E-state index in [9.17, 15) is 24.3 Å². The fraction of sp³-hybridized carbons (Fsp3) is 0.484. The highest BCUT2D eigenvalue weighted by Gasteiger charge is 2.27. The monoisotopic (exact) mass is 603 g/mol. The maximum atomic E-state index is 12.5. The molecule has 12 heteroatoms. The van der Waals surface area contributed by atoms with E-state index in [1.807, 2.05) is 13.8 Å². The molecule has 12 nitrogen and oxygen atoms in total. The van der Waals surface area contributed by atoms with E-state index in [1.165, 1.54) is 18.2 Å². The third kappa shape index (κ3) is 12.6. The zero-order valence-corrected chi connectivity index (χ0v) is 25.6. The smallest absolute Gasteiger partial charge is 0.480 e. The van der Waals surface area contributed by atoms with Gasteiger partial charge in [0.1, 0.15) is 29.1 Å². The highest BCUT2D eigenvalue weighted by atomic mass is 16.8. The van der Waals surface area contributed by atoms with Crippen LogP contribution in [0.15, 0.2) is 48.5 Å². The molecule has 0 aliphatic rings. The Morgan fingerprint density at radius 3 is 1.88 bits per heavy atom. The van der Waals surface area contributed by atoms with Crippen LogP contribution in [0, 0.1) is 0 Å². The first-order chi connectivity index (χ1) is 20.1. The SMILES string of the molecule is CCC(C)(C)OC(=O)Oc1ccc(C[C@H](NCC(C)OC(=O)Oc2ccccc2)C(=O)O)cc1OC(=O)OC(C)(C)CC. The molecule has 2 N–H and O–H groups in total. The number of rotatable bonds is 14. The van der Waals surface area contributed by atoms with Gasteiger partial charge in [0.2, 0.25) is 0 Å². The summed E-state index contributed by atoms with van der Waals surface area (Å²) < 4.78 is 31.7. The van der Waals surface area contributed by atoms with E-state index in [0.717, 1.165) is 0 Å². The number of para-hydroxylation sites is 1. The maximum absolute atomic E-state index is 12.5. The van der Waals surface area contributed by atoms with Gasteiger partial charge in [0, 0.05) is 6.54 Å². The molecule has 0 amide bonds. The van der Waals surface area contributed by atoms with Crippen molar-refractivity contribution in [3.05, 3.63) is 54.1 Å². The topological polar surface area (TPSA) is 156 Å². The molecule has 0 heterocycles. The van der Waals surface area contributed by atoms with Gasteiger partial charge in [0.25, 0.3) is 0 Å². The van der Waals surface area contributed by atoms with Gasteiger partial charge in [-0.05, 0) is 83.7 Å². The second kappa shape index (κ2) is 15.8. The van der Waals surface area contributed by atoms with Crippen LogP contribution in [-0.4, -0.2) is 59.4 Å². The molecule has 0 fully saturated rings. The Bertz CT molecular complexity index is 1240. The summed E-state index contributed by atoms with van der Waals surface area (Å²) in [7, 11) is 0. The van der Waals surface area contributed by atoms with Crippen LogP contribution in [0.4, 0.5) is 14.4 Å². The van der Waals surface area contributed by atoms with Gasteiger partial charge < -0.3 is 38.8 Å². The maximum Gasteiger partial charge on any atom is 0.514 e. The molecule has 2 aromatic carbocycles. The fourth-order valence-electron chi connectivity index (χ4n) is 3.27. The van der Waals surface area contributed by atoms with Crippen molar-refractivity contribution in [3.8, 4) is 17.2 Å². The van der Waals surface area contributed by atoms with Gasteiger partial charge in [0.15, 0.2) is 11.5 Å². The van der Waals surface area contributed by atoms with Gasteiger partial charge in [0.05, 0.1) is 0 Å². The van der Waals surface area contributed by atoms with E-state index in [1.54, 1.807) is 65.0 Å². The van der Waals surface area contributed by atoms with Gasteiger partial charge in [-0.25, -0.2) is 14.4 Å². The van der Waals surface area contributed by atoms with Gasteiger partial charge >= 0.3 is 24.4 Å². The normalized spacial score (nSPS) is 12.8. The van der Waals surface area contributed by atoms with Crippen molar-refractivity contribution in [1.29, 1.82) is 0 Å². The first-order valence-corrected chi connectivity index (χ1v) is 14.0. The Morgan fingerprint density at radius 2 is 1.35 bits per heavy atom. The molecule has 236 valence electrons. The minimum Gasteiger partial charge on any atom is -0.480 e. The number of hydrogen-bond donors (Lipinski definition) is 2.